The van der Waals surface area contributed by atoms with Crippen molar-refractivity contribution < 1.29 is 47.5 Å². The van der Waals surface area contributed by atoms with Crippen LogP contribution in [0, 0.1) is 0 Å². The summed E-state index contributed by atoms with van der Waals surface area (Å²) in [5, 5.41) is 0. The summed E-state index contributed by atoms with van der Waals surface area (Å²) >= 11 is 0. The molecular weight excluding hydrogens is 793 g/mol. The van der Waals surface area contributed by atoms with E-state index in [1.54, 1.807) is 24.8 Å². The minimum Gasteiger partial charge on any atom is -0.494 e. The van der Waals surface area contributed by atoms with Crippen LogP contribution in [0.2, 0.25) is 0 Å². The number of unbranched alkanes of at least 4 members (excludes halogenated alkanes) is 10. The van der Waals surface area contributed by atoms with E-state index in [9.17, 15) is 9.59 Å². The number of rotatable bonds is 30. The Hall–Kier alpha value is -5.54. The van der Waals surface area contributed by atoms with E-state index in [1.807, 2.05) is 48.5 Å². The zero-order valence-corrected chi connectivity index (χ0v) is 35.7. The van der Waals surface area contributed by atoms with Crippen molar-refractivity contribution in [2.45, 2.75) is 103 Å². The summed E-state index contributed by atoms with van der Waals surface area (Å²) in [4.78, 5) is 40.3. The monoisotopic (exact) mass is 852 g/mol. The van der Waals surface area contributed by atoms with E-state index >= 15 is 0 Å². The van der Waals surface area contributed by atoms with Crippen molar-refractivity contribution in [3.05, 3.63) is 110 Å². The lowest BCUT2D eigenvalue weighted by molar-refractivity contribution is -0.326. The Bertz CT molecular complexity index is 1750. The SMILES string of the molecule is C=CC(=O)OCCCCCCCCOc1ccc(-c2ncc(CO[C@H]3OCCO[C@@H]3OCc3cnc(-c4ccc(OCCCCCCCCOC(=O)C=C)cc4)nc3)cn2)cc1. The van der Waals surface area contributed by atoms with Gasteiger partial charge in [0, 0.05) is 59.2 Å². The largest absolute Gasteiger partial charge is 0.494 e. The zero-order chi connectivity index (χ0) is 43.5. The molecule has 62 heavy (non-hydrogen) atoms. The highest BCUT2D eigenvalue weighted by Gasteiger charge is 2.29. The number of carbonyl (C=O) groups is 2. The summed E-state index contributed by atoms with van der Waals surface area (Å²) in [6, 6.07) is 15.5. The topological polar surface area (TPSA) is 160 Å². The molecular formula is C48H60N4O10. The third-order valence-corrected chi connectivity index (χ3v) is 9.77. The van der Waals surface area contributed by atoms with E-state index in [2.05, 4.69) is 33.1 Å². The highest BCUT2D eigenvalue weighted by atomic mass is 16.8. The van der Waals surface area contributed by atoms with Gasteiger partial charge in [-0.1, -0.05) is 64.5 Å². The molecule has 1 aliphatic rings. The zero-order valence-electron chi connectivity index (χ0n) is 35.7. The third-order valence-electron chi connectivity index (χ3n) is 9.77. The average Bonchev–Trinajstić information content (AvgIpc) is 3.32. The Balaban J connectivity index is 0.943. The van der Waals surface area contributed by atoms with Crippen LogP contribution in [0.1, 0.15) is 88.2 Å². The first kappa shape index (κ1) is 47.5. The molecule has 0 N–H and O–H groups in total. The van der Waals surface area contributed by atoms with Crippen LogP contribution in [-0.2, 0) is 51.2 Å². The second-order valence-electron chi connectivity index (χ2n) is 14.7. The summed E-state index contributed by atoms with van der Waals surface area (Å²) in [5.41, 5.74) is 3.34. The smallest absolute Gasteiger partial charge is 0.330 e. The number of ether oxygens (including phenoxy) is 8. The minimum atomic E-state index is -0.732. The average molecular weight is 853 g/mol. The predicted octanol–water partition coefficient (Wildman–Crippen LogP) is 8.93. The van der Waals surface area contributed by atoms with Crippen LogP contribution in [0.3, 0.4) is 0 Å². The molecule has 0 amide bonds. The molecule has 0 unspecified atom stereocenters. The van der Waals surface area contributed by atoms with Crippen molar-refractivity contribution in [2.75, 3.05) is 39.6 Å². The molecule has 0 aliphatic carbocycles. The van der Waals surface area contributed by atoms with Gasteiger partial charge in [0.05, 0.1) is 52.9 Å². The highest BCUT2D eigenvalue weighted by molar-refractivity contribution is 5.81. The number of hydrogen-bond acceptors (Lipinski definition) is 14. The number of carbonyl (C=O) groups excluding carboxylic acids is 2. The van der Waals surface area contributed by atoms with Crippen LogP contribution < -0.4 is 9.47 Å². The molecule has 5 rings (SSSR count). The lowest BCUT2D eigenvalue weighted by Crippen LogP contribution is -2.41. The van der Waals surface area contributed by atoms with Crippen LogP contribution in [0.25, 0.3) is 22.8 Å². The van der Waals surface area contributed by atoms with Crippen molar-refractivity contribution in [1.82, 2.24) is 19.9 Å². The maximum absolute atomic E-state index is 11.1. The first-order chi connectivity index (χ1) is 30.5. The third kappa shape index (κ3) is 17.8. The molecule has 2 atom stereocenters. The maximum Gasteiger partial charge on any atom is 0.330 e. The summed E-state index contributed by atoms with van der Waals surface area (Å²) in [7, 11) is 0. The Kier molecular flexibility index (Phi) is 21.6. The van der Waals surface area contributed by atoms with E-state index in [-0.39, 0.29) is 25.2 Å². The number of benzene rings is 2. The predicted molar refractivity (Wildman–Crippen MR) is 233 cm³/mol. The molecule has 14 heteroatoms. The van der Waals surface area contributed by atoms with Gasteiger partial charge in [0.15, 0.2) is 11.6 Å². The van der Waals surface area contributed by atoms with Crippen LogP contribution >= 0.6 is 0 Å². The Morgan fingerprint density at radius 1 is 0.516 bits per heavy atom. The fourth-order valence-electron chi connectivity index (χ4n) is 6.32. The van der Waals surface area contributed by atoms with Crippen LogP contribution in [0.4, 0.5) is 0 Å². The van der Waals surface area contributed by atoms with Gasteiger partial charge in [0.2, 0.25) is 12.6 Å². The summed E-state index contributed by atoms with van der Waals surface area (Å²) in [6.07, 6.45) is 20.3. The van der Waals surface area contributed by atoms with Gasteiger partial charge in [-0.25, -0.2) is 29.5 Å². The normalized spacial score (nSPS) is 14.8. The van der Waals surface area contributed by atoms with Crippen molar-refractivity contribution in [2.24, 2.45) is 0 Å². The lowest BCUT2D eigenvalue weighted by Gasteiger charge is -2.31. The quantitative estimate of drug-likeness (QED) is 0.0278. The first-order valence-electron chi connectivity index (χ1n) is 21.6. The molecule has 3 heterocycles. The van der Waals surface area contributed by atoms with Crippen LogP contribution in [0.15, 0.2) is 98.6 Å². The van der Waals surface area contributed by atoms with Gasteiger partial charge in [-0.05, 0) is 74.2 Å². The summed E-state index contributed by atoms with van der Waals surface area (Å²) in [6.45, 7) is 10.2. The fourth-order valence-corrected chi connectivity index (χ4v) is 6.32. The van der Waals surface area contributed by atoms with E-state index < -0.39 is 12.6 Å². The van der Waals surface area contributed by atoms with Crippen molar-refractivity contribution in [3.8, 4) is 34.3 Å². The maximum atomic E-state index is 11.1. The van der Waals surface area contributed by atoms with E-state index in [4.69, 9.17) is 37.9 Å². The van der Waals surface area contributed by atoms with Gasteiger partial charge < -0.3 is 37.9 Å². The number of esters is 2. The Morgan fingerprint density at radius 3 is 1.21 bits per heavy atom. The van der Waals surface area contributed by atoms with E-state index in [0.717, 1.165) is 111 Å². The van der Waals surface area contributed by atoms with Gasteiger partial charge in [-0.15, -0.1) is 0 Å². The van der Waals surface area contributed by atoms with Crippen LogP contribution in [-0.4, -0.2) is 84.1 Å². The fraction of sp³-hybridized carbons (Fsp3) is 0.458. The standard InChI is InChI=1S/C48H60N4O10/c1-3-43(53)57-27-15-11-7-5-9-13-25-55-41-21-17-39(18-22-41)45-49-31-37(32-50-45)35-61-47-48(60-30-29-59-47)62-36-38-33-51-46(52-34-38)40-19-23-42(24-20-40)56-26-14-10-6-8-12-16-28-58-44(54)4-2/h3-4,17-24,31-34,47-48H,1-2,5-16,25-30,35-36H2/t47-,48-/m1/s1. The first-order valence-corrected chi connectivity index (χ1v) is 21.6. The lowest BCUT2D eigenvalue weighted by atomic mass is 10.1. The van der Waals surface area contributed by atoms with Gasteiger partial charge in [0.1, 0.15) is 11.5 Å². The number of hydrogen-bond donors (Lipinski definition) is 0. The van der Waals surface area contributed by atoms with Gasteiger partial charge in [-0.2, -0.15) is 0 Å². The molecule has 2 aromatic carbocycles. The Morgan fingerprint density at radius 2 is 0.855 bits per heavy atom. The Labute approximate surface area is 365 Å². The molecule has 1 aliphatic heterocycles. The molecule has 0 bridgehead atoms. The van der Waals surface area contributed by atoms with Crippen LogP contribution in [0.5, 0.6) is 11.5 Å². The van der Waals surface area contributed by atoms with Gasteiger partial charge >= 0.3 is 11.9 Å². The van der Waals surface area contributed by atoms with Crippen molar-refractivity contribution >= 4 is 11.9 Å². The molecule has 4 aromatic rings. The molecule has 332 valence electrons. The highest BCUT2D eigenvalue weighted by Crippen LogP contribution is 2.23. The van der Waals surface area contributed by atoms with Crippen molar-refractivity contribution in [1.29, 1.82) is 0 Å². The summed E-state index contributed by atoms with van der Waals surface area (Å²) < 4.78 is 45.6. The number of nitrogens with zero attached hydrogens (tertiary/aromatic N) is 4. The molecule has 0 saturated carbocycles. The molecule has 1 fully saturated rings. The molecule has 1 saturated heterocycles. The number of aromatic nitrogens is 4. The van der Waals surface area contributed by atoms with Gasteiger partial charge in [-0.3, -0.25) is 0 Å². The van der Waals surface area contributed by atoms with E-state index in [1.165, 1.54) is 12.2 Å². The molecule has 0 radical (unpaired) electrons. The minimum absolute atomic E-state index is 0.215. The van der Waals surface area contributed by atoms with Gasteiger partial charge in [0.25, 0.3) is 0 Å². The van der Waals surface area contributed by atoms with E-state index in [0.29, 0.717) is 51.3 Å². The summed E-state index contributed by atoms with van der Waals surface area (Å²) in [5.74, 6) is 2.09. The molecule has 14 nitrogen and oxygen atoms in total. The second kappa shape index (κ2) is 28.1. The molecule has 2 aromatic heterocycles. The second-order valence-corrected chi connectivity index (χ2v) is 14.7. The molecule has 0 spiro atoms. The van der Waals surface area contributed by atoms with Crippen molar-refractivity contribution in [3.63, 3.8) is 0 Å².